The van der Waals surface area contributed by atoms with Gasteiger partial charge in [-0.1, -0.05) is 38.1 Å². The zero-order chi connectivity index (χ0) is 13.9. The average molecular weight is 259 g/mol. The van der Waals surface area contributed by atoms with Gasteiger partial charge in [0.05, 0.1) is 0 Å². The van der Waals surface area contributed by atoms with Crippen LogP contribution in [0.5, 0.6) is 0 Å². The molecule has 1 atom stereocenters. The van der Waals surface area contributed by atoms with Crippen LogP contribution in [0.4, 0.5) is 0 Å². The first-order valence-electron chi connectivity index (χ1n) is 7.73. The first-order chi connectivity index (χ1) is 9.02. The summed E-state index contributed by atoms with van der Waals surface area (Å²) >= 11 is 0. The van der Waals surface area contributed by atoms with Gasteiger partial charge in [-0.2, -0.15) is 0 Å². The SMILES string of the molecule is CNC(Cc1ccccc1C)C1CCC(C)(C)CC1. The topological polar surface area (TPSA) is 12.0 Å². The average Bonchev–Trinajstić information content (AvgIpc) is 2.38. The van der Waals surface area contributed by atoms with E-state index in [9.17, 15) is 0 Å². The zero-order valence-corrected chi connectivity index (χ0v) is 13.0. The van der Waals surface area contributed by atoms with E-state index in [4.69, 9.17) is 0 Å². The molecule has 0 bridgehead atoms. The Labute approximate surface area is 118 Å². The van der Waals surface area contributed by atoms with E-state index in [2.05, 4.69) is 57.4 Å². The summed E-state index contributed by atoms with van der Waals surface area (Å²) in [4.78, 5) is 0. The van der Waals surface area contributed by atoms with Gasteiger partial charge in [0.25, 0.3) is 0 Å². The van der Waals surface area contributed by atoms with Gasteiger partial charge in [-0.3, -0.25) is 0 Å². The summed E-state index contributed by atoms with van der Waals surface area (Å²) in [7, 11) is 2.13. The van der Waals surface area contributed by atoms with Crippen molar-refractivity contribution in [2.45, 2.75) is 58.9 Å². The van der Waals surface area contributed by atoms with Gasteiger partial charge in [-0.15, -0.1) is 0 Å². The van der Waals surface area contributed by atoms with Gasteiger partial charge >= 0.3 is 0 Å². The standard InChI is InChI=1S/C18H29N/c1-14-7-5-6-8-16(14)13-17(19-4)15-9-11-18(2,3)12-10-15/h5-8,15,17,19H,9-13H2,1-4H3. The first-order valence-corrected chi connectivity index (χ1v) is 7.73. The highest BCUT2D eigenvalue weighted by atomic mass is 14.9. The Hall–Kier alpha value is -0.820. The number of benzene rings is 1. The molecule has 1 heteroatoms. The van der Waals surface area contributed by atoms with Gasteiger partial charge in [-0.25, -0.2) is 0 Å². The van der Waals surface area contributed by atoms with E-state index < -0.39 is 0 Å². The van der Waals surface area contributed by atoms with E-state index in [1.54, 1.807) is 0 Å². The van der Waals surface area contributed by atoms with Crippen molar-refractivity contribution in [3.8, 4) is 0 Å². The lowest BCUT2D eigenvalue weighted by Gasteiger charge is -2.38. The van der Waals surface area contributed by atoms with Crippen molar-refractivity contribution in [3.05, 3.63) is 35.4 Å². The molecule has 19 heavy (non-hydrogen) atoms. The molecule has 1 saturated carbocycles. The molecule has 0 saturated heterocycles. The second-order valence-corrected chi connectivity index (χ2v) is 7.03. The van der Waals surface area contributed by atoms with Crippen LogP contribution in [-0.2, 0) is 6.42 Å². The molecule has 1 unspecified atom stereocenters. The van der Waals surface area contributed by atoms with Crippen LogP contribution < -0.4 is 5.32 Å². The van der Waals surface area contributed by atoms with E-state index in [0.717, 1.165) is 5.92 Å². The fourth-order valence-electron chi connectivity index (χ4n) is 3.40. The van der Waals surface area contributed by atoms with Gasteiger partial charge in [0.2, 0.25) is 0 Å². The van der Waals surface area contributed by atoms with E-state index in [1.807, 2.05) is 0 Å². The third kappa shape index (κ3) is 3.82. The maximum absolute atomic E-state index is 3.57. The summed E-state index contributed by atoms with van der Waals surface area (Å²) in [5.41, 5.74) is 3.50. The molecule has 1 N–H and O–H groups in total. The minimum absolute atomic E-state index is 0.567. The van der Waals surface area contributed by atoms with E-state index in [-0.39, 0.29) is 0 Å². The normalized spacial score (nSPS) is 21.3. The van der Waals surface area contributed by atoms with Crippen LogP contribution in [0.3, 0.4) is 0 Å². The quantitative estimate of drug-likeness (QED) is 0.848. The number of hydrogen-bond acceptors (Lipinski definition) is 1. The number of hydrogen-bond donors (Lipinski definition) is 1. The number of rotatable bonds is 4. The smallest absolute Gasteiger partial charge is 0.0133 e. The Morgan fingerprint density at radius 2 is 1.84 bits per heavy atom. The molecule has 106 valence electrons. The molecule has 0 amide bonds. The largest absolute Gasteiger partial charge is 0.316 e. The van der Waals surface area contributed by atoms with Crippen LogP contribution >= 0.6 is 0 Å². The van der Waals surface area contributed by atoms with E-state index in [0.29, 0.717) is 11.5 Å². The summed E-state index contributed by atoms with van der Waals surface area (Å²) in [6.45, 7) is 7.06. The van der Waals surface area contributed by atoms with Crippen molar-refractivity contribution in [1.82, 2.24) is 5.32 Å². The molecule has 0 radical (unpaired) electrons. The predicted molar refractivity (Wildman–Crippen MR) is 83.5 cm³/mol. The van der Waals surface area contributed by atoms with Crippen LogP contribution in [0.1, 0.15) is 50.7 Å². The lowest BCUT2D eigenvalue weighted by molar-refractivity contribution is 0.163. The van der Waals surface area contributed by atoms with Gasteiger partial charge in [-0.05, 0) is 68.5 Å². The molecular weight excluding hydrogens is 230 g/mol. The molecule has 1 nitrogen and oxygen atoms in total. The number of likely N-dealkylation sites (N-methyl/N-ethyl adjacent to an activating group) is 1. The maximum Gasteiger partial charge on any atom is 0.0133 e. The van der Waals surface area contributed by atoms with Crippen LogP contribution in [0.25, 0.3) is 0 Å². The minimum atomic E-state index is 0.567. The van der Waals surface area contributed by atoms with Crippen LogP contribution in [0.2, 0.25) is 0 Å². The predicted octanol–water partition coefficient (Wildman–Crippen LogP) is 4.34. The van der Waals surface area contributed by atoms with Crippen LogP contribution in [0, 0.1) is 18.3 Å². The lowest BCUT2D eigenvalue weighted by atomic mass is 9.70. The molecule has 0 aromatic heterocycles. The summed E-state index contributed by atoms with van der Waals surface area (Å²) < 4.78 is 0. The van der Waals surface area contributed by atoms with Gasteiger partial charge in [0, 0.05) is 6.04 Å². The molecule has 1 aromatic carbocycles. The lowest BCUT2D eigenvalue weighted by Crippen LogP contribution is -2.39. The molecule has 2 rings (SSSR count). The highest BCUT2D eigenvalue weighted by Crippen LogP contribution is 2.39. The van der Waals surface area contributed by atoms with Crippen molar-refractivity contribution in [2.24, 2.45) is 11.3 Å². The third-order valence-corrected chi connectivity index (χ3v) is 5.02. The molecular formula is C18H29N. The van der Waals surface area contributed by atoms with Gasteiger partial charge < -0.3 is 5.32 Å². The molecule has 0 aliphatic heterocycles. The summed E-state index contributed by atoms with van der Waals surface area (Å²) in [6, 6.07) is 9.45. The van der Waals surface area contributed by atoms with E-state index in [1.165, 1.54) is 43.2 Å². The fourth-order valence-corrected chi connectivity index (χ4v) is 3.40. The minimum Gasteiger partial charge on any atom is -0.316 e. The van der Waals surface area contributed by atoms with Crippen LogP contribution in [-0.4, -0.2) is 13.1 Å². The molecule has 0 heterocycles. The Kier molecular flexibility index (Phi) is 4.67. The van der Waals surface area contributed by atoms with Crippen molar-refractivity contribution < 1.29 is 0 Å². The monoisotopic (exact) mass is 259 g/mol. The number of nitrogens with one attached hydrogen (secondary N) is 1. The van der Waals surface area contributed by atoms with Crippen molar-refractivity contribution in [2.75, 3.05) is 7.05 Å². The third-order valence-electron chi connectivity index (χ3n) is 5.02. The van der Waals surface area contributed by atoms with Gasteiger partial charge in [0.1, 0.15) is 0 Å². The van der Waals surface area contributed by atoms with Crippen molar-refractivity contribution in [1.29, 1.82) is 0 Å². The van der Waals surface area contributed by atoms with Crippen molar-refractivity contribution >= 4 is 0 Å². The highest BCUT2D eigenvalue weighted by Gasteiger charge is 2.30. The molecule has 1 aliphatic carbocycles. The Bertz CT molecular complexity index is 398. The molecule has 1 fully saturated rings. The second-order valence-electron chi connectivity index (χ2n) is 7.03. The summed E-state index contributed by atoms with van der Waals surface area (Å²) in [5.74, 6) is 0.845. The maximum atomic E-state index is 3.57. The Morgan fingerprint density at radius 3 is 2.42 bits per heavy atom. The molecule has 1 aliphatic rings. The Balaban J connectivity index is 1.99. The van der Waals surface area contributed by atoms with E-state index >= 15 is 0 Å². The fraction of sp³-hybridized carbons (Fsp3) is 0.667. The van der Waals surface area contributed by atoms with Crippen molar-refractivity contribution in [3.63, 3.8) is 0 Å². The second kappa shape index (κ2) is 6.09. The Morgan fingerprint density at radius 1 is 1.21 bits per heavy atom. The number of aryl methyl sites for hydroxylation is 1. The molecule has 1 aromatic rings. The highest BCUT2D eigenvalue weighted by molar-refractivity contribution is 5.26. The first kappa shape index (κ1) is 14.6. The molecule has 0 spiro atoms. The summed E-state index contributed by atoms with van der Waals surface area (Å²) in [6.07, 6.45) is 6.69. The zero-order valence-electron chi connectivity index (χ0n) is 13.0. The van der Waals surface area contributed by atoms with Crippen LogP contribution in [0.15, 0.2) is 24.3 Å². The van der Waals surface area contributed by atoms with Gasteiger partial charge in [0.15, 0.2) is 0 Å². The summed E-state index contributed by atoms with van der Waals surface area (Å²) in [5, 5.41) is 3.57.